The number of rotatable bonds is 5. The minimum Gasteiger partial charge on any atom is -0.360 e. The van der Waals surface area contributed by atoms with Crippen molar-refractivity contribution in [1.29, 1.82) is 10.5 Å². The molecule has 5 heteroatoms. The standard InChI is InChI=1S/C19H16N4O/c1-14(16-6-3-2-4-7-16)23-19(24)17-8-5-9-18(10-17)22-13-15(11-20)12-21/h2-10,13-14,22H,1H3,(H,23,24). The van der Waals surface area contributed by atoms with E-state index in [2.05, 4.69) is 10.6 Å². The van der Waals surface area contributed by atoms with Gasteiger partial charge in [0.15, 0.2) is 0 Å². The molecule has 0 aliphatic heterocycles. The highest BCUT2D eigenvalue weighted by molar-refractivity contribution is 5.95. The lowest BCUT2D eigenvalue weighted by Gasteiger charge is -2.14. The van der Waals surface area contributed by atoms with Crippen LogP contribution in [0.5, 0.6) is 0 Å². The largest absolute Gasteiger partial charge is 0.360 e. The van der Waals surface area contributed by atoms with Crippen molar-refractivity contribution >= 4 is 11.6 Å². The van der Waals surface area contributed by atoms with Gasteiger partial charge < -0.3 is 10.6 Å². The highest BCUT2D eigenvalue weighted by Crippen LogP contribution is 2.15. The highest BCUT2D eigenvalue weighted by Gasteiger charge is 2.11. The lowest BCUT2D eigenvalue weighted by molar-refractivity contribution is 0.0940. The number of hydrogen-bond acceptors (Lipinski definition) is 4. The smallest absolute Gasteiger partial charge is 0.251 e. The second kappa shape index (κ2) is 8.17. The van der Waals surface area contributed by atoms with E-state index >= 15 is 0 Å². The predicted molar refractivity (Wildman–Crippen MR) is 91.7 cm³/mol. The van der Waals surface area contributed by atoms with Crippen molar-refractivity contribution in [1.82, 2.24) is 5.32 Å². The number of anilines is 1. The topological polar surface area (TPSA) is 88.7 Å². The Balaban J connectivity index is 2.08. The van der Waals surface area contributed by atoms with Gasteiger partial charge in [0.2, 0.25) is 0 Å². The molecule has 2 rings (SSSR count). The van der Waals surface area contributed by atoms with Crippen molar-refractivity contribution in [3.05, 3.63) is 77.5 Å². The van der Waals surface area contributed by atoms with Crippen molar-refractivity contribution in [2.24, 2.45) is 0 Å². The number of benzene rings is 2. The van der Waals surface area contributed by atoms with Crippen LogP contribution in [-0.2, 0) is 0 Å². The second-order valence-electron chi connectivity index (χ2n) is 5.11. The Morgan fingerprint density at radius 3 is 2.46 bits per heavy atom. The molecule has 0 aliphatic carbocycles. The van der Waals surface area contributed by atoms with Gasteiger partial charge in [-0.25, -0.2) is 0 Å². The third-order valence-corrected chi connectivity index (χ3v) is 3.40. The maximum atomic E-state index is 12.4. The molecular weight excluding hydrogens is 300 g/mol. The average Bonchev–Trinajstić information content (AvgIpc) is 2.63. The summed E-state index contributed by atoms with van der Waals surface area (Å²) in [5, 5.41) is 23.2. The van der Waals surface area contributed by atoms with Crippen LogP contribution in [0, 0.1) is 22.7 Å². The zero-order valence-electron chi connectivity index (χ0n) is 13.2. The minimum atomic E-state index is -0.195. The monoisotopic (exact) mass is 316 g/mol. The zero-order valence-corrected chi connectivity index (χ0v) is 13.2. The first-order valence-electron chi connectivity index (χ1n) is 7.37. The molecule has 1 amide bonds. The van der Waals surface area contributed by atoms with Crippen LogP contribution < -0.4 is 10.6 Å². The van der Waals surface area contributed by atoms with Crippen molar-refractivity contribution in [3.63, 3.8) is 0 Å². The lowest BCUT2D eigenvalue weighted by atomic mass is 10.1. The van der Waals surface area contributed by atoms with Crippen LogP contribution in [0.15, 0.2) is 66.4 Å². The zero-order chi connectivity index (χ0) is 17.4. The van der Waals surface area contributed by atoms with Gasteiger partial charge in [-0.05, 0) is 30.7 Å². The first-order chi connectivity index (χ1) is 11.6. The Morgan fingerprint density at radius 2 is 1.79 bits per heavy atom. The summed E-state index contributed by atoms with van der Waals surface area (Å²) in [6.07, 6.45) is 1.31. The Bertz CT molecular complexity index is 812. The molecule has 0 saturated heterocycles. The molecule has 0 heterocycles. The minimum absolute atomic E-state index is 0.0393. The molecule has 0 fully saturated rings. The Kier molecular flexibility index (Phi) is 5.71. The van der Waals surface area contributed by atoms with Crippen LogP contribution in [0.4, 0.5) is 5.69 Å². The molecule has 5 nitrogen and oxygen atoms in total. The molecule has 0 aliphatic rings. The van der Waals surface area contributed by atoms with Crippen molar-refractivity contribution in [3.8, 4) is 12.1 Å². The molecule has 0 spiro atoms. The highest BCUT2D eigenvalue weighted by atomic mass is 16.1. The molecule has 118 valence electrons. The lowest BCUT2D eigenvalue weighted by Crippen LogP contribution is -2.26. The molecule has 0 bridgehead atoms. The van der Waals surface area contributed by atoms with Gasteiger partial charge in [0.1, 0.15) is 17.7 Å². The van der Waals surface area contributed by atoms with E-state index in [1.165, 1.54) is 6.20 Å². The fourth-order valence-corrected chi connectivity index (χ4v) is 2.10. The van der Waals surface area contributed by atoms with Gasteiger partial charge in [0, 0.05) is 17.5 Å². The molecule has 0 radical (unpaired) electrons. The van der Waals surface area contributed by atoms with Crippen LogP contribution in [0.25, 0.3) is 0 Å². The van der Waals surface area contributed by atoms with Gasteiger partial charge in [-0.3, -0.25) is 4.79 Å². The maximum absolute atomic E-state index is 12.4. The van der Waals surface area contributed by atoms with E-state index in [1.807, 2.05) is 37.3 Å². The van der Waals surface area contributed by atoms with E-state index in [4.69, 9.17) is 10.5 Å². The summed E-state index contributed by atoms with van der Waals surface area (Å²) in [5.74, 6) is -0.195. The third kappa shape index (κ3) is 4.46. The number of nitrogens with one attached hydrogen (secondary N) is 2. The molecule has 1 unspecified atom stereocenters. The van der Waals surface area contributed by atoms with E-state index in [9.17, 15) is 4.79 Å². The van der Waals surface area contributed by atoms with Crippen molar-refractivity contribution in [2.75, 3.05) is 5.32 Å². The number of nitriles is 2. The summed E-state index contributed by atoms with van der Waals surface area (Å²) in [5.41, 5.74) is 2.10. The first kappa shape index (κ1) is 16.8. The first-order valence-corrected chi connectivity index (χ1v) is 7.37. The van der Waals surface area contributed by atoms with Crippen molar-refractivity contribution < 1.29 is 4.79 Å². The van der Waals surface area contributed by atoms with Crippen LogP contribution in [0.1, 0.15) is 28.9 Å². The maximum Gasteiger partial charge on any atom is 0.251 e. The summed E-state index contributed by atoms with van der Waals surface area (Å²) in [6, 6.07) is 20.0. The van der Waals surface area contributed by atoms with Gasteiger partial charge in [0.05, 0.1) is 6.04 Å². The number of carbonyl (C=O) groups is 1. The number of nitrogens with zero attached hydrogens (tertiary/aromatic N) is 2. The molecule has 0 aromatic heterocycles. The summed E-state index contributed by atoms with van der Waals surface area (Å²) in [4.78, 5) is 12.4. The SMILES string of the molecule is CC(NC(=O)c1cccc(NC=C(C#N)C#N)c1)c1ccccc1. The molecule has 1 atom stereocenters. The van der Waals surface area contributed by atoms with E-state index in [0.29, 0.717) is 11.3 Å². The van der Waals surface area contributed by atoms with Gasteiger partial charge in [-0.15, -0.1) is 0 Å². The Hall–Kier alpha value is -3.57. The molecule has 2 N–H and O–H groups in total. The van der Waals surface area contributed by atoms with Crippen LogP contribution >= 0.6 is 0 Å². The summed E-state index contributed by atoms with van der Waals surface area (Å²) >= 11 is 0. The quantitative estimate of drug-likeness (QED) is 0.826. The predicted octanol–water partition coefficient (Wildman–Crippen LogP) is 3.52. The fourth-order valence-electron chi connectivity index (χ4n) is 2.10. The van der Waals surface area contributed by atoms with Crippen LogP contribution in [-0.4, -0.2) is 5.91 Å². The van der Waals surface area contributed by atoms with Gasteiger partial charge in [-0.1, -0.05) is 36.4 Å². The normalized spacial score (nSPS) is 10.6. The second-order valence-corrected chi connectivity index (χ2v) is 5.11. The van der Waals surface area contributed by atoms with E-state index < -0.39 is 0 Å². The van der Waals surface area contributed by atoms with E-state index in [1.54, 1.807) is 36.4 Å². The Morgan fingerprint density at radius 1 is 1.08 bits per heavy atom. The van der Waals surface area contributed by atoms with Gasteiger partial charge in [-0.2, -0.15) is 10.5 Å². The van der Waals surface area contributed by atoms with Gasteiger partial charge in [0.25, 0.3) is 5.91 Å². The number of hydrogen-bond donors (Lipinski definition) is 2. The van der Waals surface area contributed by atoms with Gasteiger partial charge >= 0.3 is 0 Å². The van der Waals surface area contributed by atoms with Crippen LogP contribution in [0.2, 0.25) is 0 Å². The number of carbonyl (C=O) groups excluding carboxylic acids is 1. The average molecular weight is 316 g/mol. The number of amides is 1. The van der Waals surface area contributed by atoms with E-state index in [0.717, 1.165) is 5.56 Å². The van der Waals surface area contributed by atoms with Crippen LogP contribution in [0.3, 0.4) is 0 Å². The summed E-state index contributed by atoms with van der Waals surface area (Å²) in [7, 11) is 0. The molecule has 2 aromatic carbocycles. The molecular formula is C19H16N4O. The summed E-state index contributed by atoms with van der Waals surface area (Å²) < 4.78 is 0. The summed E-state index contributed by atoms with van der Waals surface area (Å²) in [6.45, 7) is 1.92. The molecule has 2 aromatic rings. The molecule has 0 saturated carbocycles. The fraction of sp³-hybridized carbons (Fsp3) is 0.105. The third-order valence-electron chi connectivity index (χ3n) is 3.40. The van der Waals surface area contributed by atoms with E-state index in [-0.39, 0.29) is 17.5 Å². The Labute approximate surface area is 140 Å². The van der Waals surface area contributed by atoms with Crippen molar-refractivity contribution in [2.45, 2.75) is 13.0 Å². The molecule has 24 heavy (non-hydrogen) atoms. The number of allylic oxidation sites excluding steroid dienone is 1.